The Morgan fingerprint density at radius 3 is 2.83 bits per heavy atom. The van der Waals surface area contributed by atoms with E-state index in [9.17, 15) is 9.59 Å². The van der Waals surface area contributed by atoms with Gasteiger partial charge in [-0.2, -0.15) is 5.10 Å². The van der Waals surface area contributed by atoms with Crippen molar-refractivity contribution in [2.24, 2.45) is 0 Å². The highest BCUT2D eigenvalue weighted by molar-refractivity contribution is 7.17. The lowest BCUT2D eigenvalue weighted by Gasteiger charge is -2.16. The third-order valence-electron chi connectivity index (χ3n) is 5.51. The van der Waals surface area contributed by atoms with E-state index in [1.807, 2.05) is 35.2 Å². The third kappa shape index (κ3) is 3.13. The van der Waals surface area contributed by atoms with E-state index >= 15 is 0 Å². The summed E-state index contributed by atoms with van der Waals surface area (Å²) in [6.07, 6.45) is 2.79. The Morgan fingerprint density at radius 2 is 2.03 bits per heavy atom. The van der Waals surface area contributed by atoms with E-state index in [1.54, 1.807) is 11.9 Å². The molecular formula is C22H21N5O2S. The fraction of sp³-hybridized carbons (Fsp3) is 0.273. The van der Waals surface area contributed by atoms with Crippen molar-refractivity contribution in [3.63, 3.8) is 0 Å². The van der Waals surface area contributed by atoms with E-state index in [2.05, 4.69) is 27.2 Å². The Morgan fingerprint density at radius 1 is 1.23 bits per heavy atom. The average Bonchev–Trinajstić information content (AvgIpc) is 3.44. The van der Waals surface area contributed by atoms with Gasteiger partial charge in [-0.3, -0.25) is 9.59 Å². The fourth-order valence-corrected chi connectivity index (χ4v) is 4.71. The van der Waals surface area contributed by atoms with Gasteiger partial charge in [0.1, 0.15) is 10.5 Å². The van der Waals surface area contributed by atoms with Crippen LogP contribution in [0.25, 0.3) is 15.9 Å². The predicted molar refractivity (Wildman–Crippen MR) is 116 cm³/mol. The van der Waals surface area contributed by atoms with Crippen LogP contribution < -0.4 is 5.56 Å². The molecule has 1 aromatic carbocycles. The second-order valence-corrected chi connectivity index (χ2v) is 8.60. The SMILES string of the molecule is Cc1ccc(-n2nc(C(=O)N(C)Cc3nc4ccsc4c(=O)[nH]3)c3c2CCC3)cc1. The molecule has 0 saturated heterocycles. The summed E-state index contributed by atoms with van der Waals surface area (Å²) in [7, 11) is 1.71. The number of thiophene rings is 1. The zero-order chi connectivity index (χ0) is 20.8. The minimum Gasteiger partial charge on any atom is -0.333 e. The maximum absolute atomic E-state index is 13.2. The number of hydrogen-bond donors (Lipinski definition) is 1. The van der Waals surface area contributed by atoms with Crippen LogP contribution in [0.2, 0.25) is 0 Å². The lowest BCUT2D eigenvalue weighted by atomic mass is 10.2. The lowest BCUT2D eigenvalue weighted by molar-refractivity contribution is 0.0774. The first-order valence-electron chi connectivity index (χ1n) is 9.91. The number of nitrogens with one attached hydrogen (secondary N) is 1. The van der Waals surface area contributed by atoms with Gasteiger partial charge in [0, 0.05) is 18.3 Å². The number of benzene rings is 1. The van der Waals surface area contributed by atoms with Gasteiger partial charge in [-0.25, -0.2) is 9.67 Å². The summed E-state index contributed by atoms with van der Waals surface area (Å²) >= 11 is 1.36. The molecule has 8 heteroatoms. The molecule has 1 amide bonds. The number of aryl methyl sites for hydroxylation is 1. The zero-order valence-corrected chi connectivity index (χ0v) is 17.6. The summed E-state index contributed by atoms with van der Waals surface area (Å²) in [5.74, 6) is 0.309. The first kappa shape index (κ1) is 18.7. The topological polar surface area (TPSA) is 83.9 Å². The fourth-order valence-electron chi connectivity index (χ4n) is 3.98. The summed E-state index contributed by atoms with van der Waals surface area (Å²) in [5.41, 5.74) is 5.27. The molecule has 0 saturated carbocycles. The van der Waals surface area contributed by atoms with E-state index in [-0.39, 0.29) is 18.0 Å². The smallest absolute Gasteiger partial charge is 0.274 e. The van der Waals surface area contributed by atoms with Crippen molar-refractivity contribution in [1.29, 1.82) is 0 Å². The number of nitrogens with zero attached hydrogens (tertiary/aromatic N) is 4. The maximum Gasteiger partial charge on any atom is 0.274 e. The van der Waals surface area contributed by atoms with Crippen molar-refractivity contribution in [3.05, 3.63) is 74.4 Å². The number of H-pyrrole nitrogens is 1. The molecule has 0 aliphatic heterocycles. The number of rotatable bonds is 4. The third-order valence-corrected chi connectivity index (χ3v) is 6.41. The van der Waals surface area contributed by atoms with Gasteiger partial charge in [0.15, 0.2) is 5.69 Å². The summed E-state index contributed by atoms with van der Waals surface area (Å²) in [4.78, 5) is 34.3. The summed E-state index contributed by atoms with van der Waals surface area (Å²) < 4.78 is 2.50. The number of fused-ring (bicyclic) bond motifs is 2. The van der Waals surface area contributed by atoms with Crippen LogP contribution in [0, 0.1) is 6.92 Å². The molecule has 0 bridgehead atoms. The second kappa shape index (κ2) is 7.21. The molecular weight excluding hydrogens is 398 g/mol. The number of carbonyl (C=O) groups excluding carboxylic acids is 1. The Labute approximate surface area is 177 Å². The second-order valence-electron chi connectivity index (χ2n) is 7.68. The molecule has 7 nitrogen and oxygen atoms in total. The van der Waals surface area contributed by atoms with E-state index in [4.69, 9.17) is 0 Å². The molecule has 0 atom stereocenters. The number of amides is 1. The normalized spacial score (nSPS) is 13.0. The van der Waals surface area contributed by atoms with Crippen LogP contribution in [0.4, 0.5) is 0 Å². The van der Waals surface area contributed by atoms with Crippen LogP contribution in [0.3, 0.4) is 0 Å². The van der Waals surface area contributed by atoms with Crippen molar-refractivity contribution in [2.45, 2.75) is 32.7 Å². The van der Waals surface area contributed by atoms with Gasteiger partial charge in [0.25, 0.3) is 11.5 Å². The van der Waals surface area contributed by atoms with Crippen molar-refractivity contribution < 1.29 is 4.79 Å². The highest BCUT2D eigenvalue weighted by atomic mass is 32.1. The largest absolute Gasteiger partial charge is 0.333 e. The number of hydrogen-bond acceptors (Lipinski definition) is 5. The maximum atomic E-state index is 13.2. The number of aromatic nitrogens is 4. The minimum atomic E-state index is -0.171. The molecule has 0 radical (unpaired) electrons. The minimum absolute atomic E-state index is 0.160. The molecule has 0 fully saturated rings. The van der Waals surface area contributed by atoms with Gasteiger partial charge >= 0.3 is 0 Å². The highest BCUT2D eigenvalue weighted by Gasteiger charge is 2.28. The molecule has 3 heterocycles. The van der Waals surface area contributed by atoms with Crippen LogP contribution >= 0.6 is 11.3 Å². The Kier molecular flexibility index (Phi) is 4.51. The Hall–Kier alpha value is -3.26. The van der Waals surface area contributed by atoms with Crippen LogP contribution in [0.1, 0.15) is 39.6 Å². The first-order chi connectivity index (χ1) is 14.5. The van der Waals surface area contributed by atoms with Gasteiger partial charge in [-0.05, 0) is 49.8 Å². The standard InChI is InChI=1S/C22H21N5O2S/c1-13-6-8-14(9-7-13)27-17-5-3-4-15(17)19(25-27)22(29)26(2)12-18-23-16-10-11-30-20(16)21(28)24-18/h6-11H,3-5,12H2,1-2H3,(H,23,24,28). The van der Waals surface area contributed by atoms with Crippen molar-refractivity contribution >= 4 is 27.5 Å². The Bertz CT molecular complexity index is 1320. The molecule has 1 aliphatic carbocycles. The van der Waals surface area contributed by atoms with Crippen molar-refractivity contribution in [3.8, 4) is 5.69 Å². The number of aromatic amines is 1. The van der Waals surface area contributed by atoms with E-state index < -0.39 is 0 Å². The predicted octanol–water partition coefficient (Wildman–Crippen LogP) is 3.24. The molecule has 3 aromatic heterocycles. The molecule has 1 aliphatic rings. The van der Waals surface area contributed by atoms with E-state index in [0.29, 0.717) is 21.7 Å². The molecule has 30 heavy (non-hydrogen) atoms. The van der Waals surface area contributed by atoms with Crippen LogP contribution in [0.15, 0.2) is 40.5 Å². The van der Waals surface area contributed by atoms with Crippen molar-refractivity contribution in [1.82, 2.24) is 24.6 Å². The van der Waals surface area contributed by atoms with Gasteiger partial charge in [0.2, 0.25) is 0 Å². The van der Waals surface area contributed by atoms with E-state index in [0.717, 1.165) is 36.2 Å². The molecule has 1 N–H and O–H groups in total. The molecule has 5 rings (SSSR count). The molecule has 0 spiro atoms. The van der Waals surface area contributed by atoms with Crippen LogP contribution in [-0.4, -0.2) is 37.6 Å². The summed E-state index contributed by atoms with van der Waals surface area (Å²) in [6.45, 7) is 2.26. The first-order valence-corrected chi connectivity index (χ1v) is 10.8. The van der Waals surface area contributed by atoms with Crippen LogP contribution in [0.5, 0.6) is 0 Å². The van der Waals surface area contributed by atoms with Crippen molar-refractivity contribution in [2.75, 3.05) is 7.05 Å². The lowest BCUT2D eigenvalue weighted by Crippen LogP contribution is -2.29. The van der Waals surface area contributed by atoms with Gasteiger partial charge in [0.05, 0.1) is 17.7 Å². The average molecular weight is 420 g/mol. The van der Waals surface area contributed by atoms with Gasteiger partial charge in [-0.1, -0.05) is 17.7 Å². The molecule has 0 unspecified atom stereocenters. The van der Waals surface area contributed by atoms with Gasteiger partial charge < -0.3 is 9.88 Å². The van der Waals surface area contributed by atoms with Crippen LogP contribution in [-0.2, 0) is 19.4 Å². The highest BCUT2D eigenvalue weighted by Crippen LogP contribution is 2.28. The zero-order valence-electron chi connectivity index (χ0n) is 16.8. The summed E-state index contributed by atoms with van der Waals surface area (Å²) in [6, 6.07) is 9.98. The van der Waals surface area contributed by atoms with Gasteiger partial charge in [-0.15, -0.1) is 11.3 Å². The van der Waals surface area contributed by atoms with E-state index in [1.165, 1.54) is 16.9 Å². The monoisotopic (exact) mass is 419 g/mol. The summed E-state index contributed by atoms with van der Waals surface area (Å²) in [5, 5.41) is 6.53. The number of carbonyl (C=O) groups is 1. The molecule has 152 valence electrons. The quantitative estimate of drug-likeness (QED) is 0.550. The molecule has 4 aromatic rings. The Balaban J connectivity index is 1.46.